The standard InChI is InChI=1S/C11H8N4O/c16-11-13-8-6-12-9(14-10(8)15-11)7-4-2-1-3-5-7/h1-6H,(H2,12,13,14,15,16). The van der Waals surface area contributed by atoms with Gasteiger partial charge in [0.1, 0.15) is 5.52 Å². The Morgan fingerprint density at radius 2 is 1.88 bits per heavy atom. The van der Waals surface area contributed by atoms with Crippen LogP contribution in [0.2, 0.25) is 0 Å². The van der Waals surface area contributed by atoms with Gasteiger partial charge >= 0.3 is 5.69 Å². The minimum atomic E-state index is -0.269. The van der Waals surface area contributed by atoms with E-state index in [4.69, 9.17) is 0 Å². The zero-order valence-corrected chi connectivity index (χ0v) is 8.27. The minimum Gasteiger partial charge on any atom is -0.303 e. The Hall–Kier alpha value is -2.43. The number of hydrogen-bond acceptors (Lipinski definition) is 3. The normalized spacial score (nSPS) is 10.8. The van der Waals surface area contributed by atoms with Crippen molar-refractivity contribution in [1.29, 1.82) is 0 Å². The molecule has 2 heterocycles. The summed E-state index contributed by atoms with van der Waals surface area (Å²) in [6.07, 6.45) is 1.60. The van der Waals surface area contributed by atoms with Crippen molar-refractivity contribution in [2.24, 2.45) is 0 Å². The van der Waals surface area contributed by atoms with E-state index in [-0.39, 0.29) is 5.69 Å². The summed E-state index contributed by atoms with van der Waals surface area (Å²) in [6.45, 7) is 0. The molecule has 3 aromatic rings. The van der Waals surface area contributed by atoms with Crippen molar-refractivity contribution < 1.29 is 0 Å². The first-order valence-electron chi connectivity index (χ1n) is 4.83. The highest BCUT2D eigenvalue weighted by Crippen LogP contribution is 2.14. The maximum Gasteiger partial charge on any atom is 0.325 e. The molecule has 16 heavy (non-hydrogen) atoms. The van der Waals surface area contributed by atoms with Gasteiger partial charge in [-0.1, -0.05) is 30.3 Å². The molecule has 0 radical (unpaired) electrons. The van der Waals surface area contributed by atoms with Crippen molar-refractivity contribution in [2.75, 3.05) is 0 Å². The van der Waals surface area contributed by atoms with E-state index in [2.05, 4.69) is 19.9 Å². The topological polar surface area (TPSA) is 74.4 Å². The molecular weight excluding hydrogens is 204 g/mol. The number of H-pyrrole nitrogens is 2. The summed E-state index contributed by atoms with van der Waals surface area (Å²) in [5.41, 5.74) is 1.80. The van der Waals surface area contributed by atoms with Gasteiger partial charge in [0.2, 0.25) is 0 Å². The van der Waals surface area contributed by atoms with Gasteiger partial charge in [-0.15, -0.1) is 0 Å². The number of rotatable bonds is 1. The third-order valence-electron chi connectivity index (χ3n) is 2.30. The van der Waals surface area contributed by atoms with Gasteiger partial charge in [-0.05, 0) is 0 Å². The first-order valence-corrected chi connectivity index (χ1v) is 4.83. The Balaban J connectivity index is 2.22. The van der Waals surface area contributed by atoms with E-state index in [1.54, 1.807) is 6.20 Å². The highest BCUT2D eigenvalue weighted by atomic mass is 16.1. The van der Waals surface area contributed by atoms with Crippen LogP contribution in [0.15, 0.2) is 41.3 Å². The van der Waals surface area contributed by atoms with E-state index in [1.165, 1.54) is 0 Å². The van der Waals surface area contributed by atoms with Gasteiger partial charge in [0.15, 0.2) is 11.5 Å². The molecule has 0 fully saturated rings. The molecule has 0 saturated heterocycles. The molecule has 2 aromatic heterocycles. The van der Waals surface area contributed by atoms with Crippen LogP contribution >= 0.6 is 0 Å². The predicted octanol–water partition coefficient (Wildman–Crippen LogP) is 1.31. The monoisotopic (exact) mass is 212 g/mol. The summed E-state index contributed by atoms with van der Waals surface area (Å²) >= 11 is 0. The second-order valence-electron chi connectivity index (χ2n) is 3.40. The van der Waals surface area contributed by atoms with E-state index < -0.39 is 0 Å². The average molecular weight is 212 g/mol. The zero-order chi connectivity index (χ0) is 11.0. The molecule has 2 N–H and O–H groups in total. The maximum absolute atomic E-state index is 11.1. The summed E-state index contributed by atoms with van der Waals surface area (Å²) < 4.78 is 0. The van der Waals surface area contributed by atoms with Gasteiger partial charge in [0.05, 0.1) is 6.20 Å². The quantitative estimate of drug-likeness (QED) is 0.638. The molecule has 0 aliphatic rings. The predicted molar refractivity (Wildman–Crippen MR) is 59.9 cm³/mol. The van der Waals surface area contributed by atoms with E-state index in [0.29, 0.717) is 17.0 Å². The van der Waals surface area contributed by atoms with Crippen LogP contribution in [-0.4, -0.2) is 19.9 Å². The second-order valence-corrected chi connectivity index (χ2v) is 3.40. The van der Waals surface area contributed by atoms with E-state index >= 15 is 0 Å². The minimum absolute atomic E-state index is 0.269. The van der Waals surface area contributed by atoms with Gasteiger partial charge in [-0.2, -0.15) is 0 Å². The van der Waals surface area contributed by atoms with Crippen molar-refractivity contribution in [3.05, 3.63) is 47.0 Å². The lowest BCUT2D eigenvalue weighted by Crippen LogP contribution is -1.99. The second kappa shape index (κ2) is 3.30. The Bertz CT molecular complexity index is 684. The van der Waals surface area contributed by atoms with Crippen LogP contribution in [0.25, 0.3) is 22.6 Å². The molecule has 78 valence electrons. The third-order valence-corrected chi connectivity index (χ3v) is 2.30. The fourth-order valence-corrected chi connectivity index (χ4v) is 1.56. The summed E-state index contributed by atoms with van der Waals surface area (Å²) in [7, 11) is 0. The molecule has 0 unspecified atom stereocenters. The Labute approximate surface area is 90.2 Å². The fraction of sp³-hybridized carbons (Fsp3) is 0. The number of nitrogens with one attached hydrogen (secondary N) is 2. The van der Waals surface area contributed by atoms with Crippen molar-refractivity contribution >= 4 is 11.2 Å². The molecule has 0 spiro atoms. The summed E-state index contributed by atoms with van der Waals surface area (Å²) in [5.74, 6) is 0.600. The molecule has 3 rings (SSSR count). The maximum atomic E-state index is 11.1. The van der Waals surface area contributed by atoms with Crippen molar-refractivity contribution in [2.45, 2.75) is 0 Å². The fourth-order valence-electron chi connectivity index (χ4n) is 1.56. The number of benzene rings is 1. The van der Waals surface area contributed by atoms with Crippen molar-refractivity contribution in [3.8, 4) is 11.4 Å². The number of nitrogens with zero attached hydrogens (tertiary/aromatic N) is 2. The van der Waals surface area contributed by atoms with Crippen LogP contribution in [-0.2, 0) is 0 Å². The van der Waals surface area contributed by atoms with Gasteiger partial charge < -0.3 is 4.98 Å². The van der Waals surface area contributed by atoms with E-state index in [0.717, 1.165) is 5.56 Å². The lowest BCUT2D eigenvalue weighted by Gasteiger charge is -1.98. The van der Waals surface area contributed by atoms with Gasteiger partial charge in [-0.3, -0.25) is 4.98 Å². The van der Waals surface area contributed by atoms with Gasteiger partial charge in [-0.25, -0.2) is 14.8 Å². The Morgan fingerprint density at radius 1 is 1.06 bits per heavy atom. The lowest BCUT2D eigenvalue weighted by molar-refractivity contribution is 1.19. The highest BCUT2D eigenvalue weighted by molar-refractivity contribution is 5.71. The Kier molecular flexibility index (Phi) is 1.83. The molecule has 5 heteroatoms. The first-order chi connectivity index (χ1) is 7.83. The Morgan fingerprint density at radius 3 is 2.69 bits per heavy atom. The lowest BCUT2D eigenvalue weighted by atomic mass is 10.2. The number of fused-ring (bicyclic) bond motifs is 1. The highest BCUT2D eigenvalue weighted by Gasteiger charge is 2.04. The summed E-state index contributed by atoms with van der Waals surface area (Å²) in [4.78, 5) is 24.7. The number of imidazole rings is 1. The van der Waals surface area contributed by atoms with Gasteiger partial charge in [0.25, 0.3) is 0 Å². The molecule has 0 aliphatic carbocycles. The molecule has 0 atom stereocenters. The molecule has 1 aromatic carbocycles. The van der Waals surface area contributed by atoms with Crippen LogP contribution in [0, 0.1) is 0 Å². The first kappa shape index (κ1) is 8.84. The van der Waals surface area contributed by atoms with E-state index in [1.807, 2.05) is 30.3 Å². The van der Waals surface area contributed by atoms with Crippen LogP contribution < -0.4 is 5.69 Å². The molecule has 0 aliphatic heterocycles. The third kappa shape index (κ3) is 1.38. The van der Waals surface area contributed by atoms with Crippen molar-refractivity contribution in [3.63, 3.8) is 0 Å². The van der Waals surface area contributed by atoms with Crippen LogP contribution in [0.1, 0.15) is 0 Å². The van der Waals surface area contributed by atoms with Crippen LogP contribution in [0.5, 0.6) is 0 Å². The summed E-state index contributed by atoms with van der Waals surface area (Å²) in [6, 6.07) is 9.61. The summed E-state index contributed by atoms with van der Waals surface area (Å²) in [5, 5.41) is 0. The number of aromatic nitrogens is 4. The molecule has 0 saturated carbocycles. The largest absolute Gasteiger partial charge is 0.325 e. The SMILES string of the molecule is O=c1[nH]c2cnc(-c3ccccc3)nc2[nH]1. The molecule has 5 nitrogen and oxygen atoms in total. The number of hydrogen-bond donors (Lipinski definition) is 2. The average Bonchev–Trinajstić information content (AvgIpc) is 2.69. The zero-order valence-electron chi connectivity index (χ0n) is 8.27. The van der Waals surface area contributed by atoms with Crippen LogP contribution in [0.4, 0.5) is 0 Å². The molecular formula is C11H8N4O. The van der Waals surface area contributed by atoms with Crippen molar-refractivity contribution in [1.82, 2.24) is 19.9 Å². The molecule has 0 bridgehead atoms. The van der Waals surface area contributed by atoms with Crippen LogP contribution in [0.3, 0.4) is 0 Å². The smallest absolute Gasteiger partial charge is 0.303 e. The van der Waals surface area contributed by atoms with Gasteiger partial charge in [0, 0.05) is 5.56 Å². The molecule has 0 amide bonds. The number of aromatic amines is 2. The van der Waals surface area contributed by atoms with E-state index in [9.17, 15) is 4.79 Å².